The number of nitrogen functional groups attached to an aromatic ring is 1. The number of benzene rings is 2. The molecule has 0 saturated heterocycles. The number of thioether (sulfide) groups is 1. The number of nitrogens with zero attached hydrogens (tertiary/aromatic N) is 6. The van der Waals surface area contributed by atoms with E-state index in [4.69, 9.17) is 15.6 Å². The highest BCUT2D eigenvalue weighted by Crippen LogP contribution is 2.28. The van der Waals surface area contributed by atoms with E-state index in [-0.39, 0.29) is 4.90 Å². The maximum absolute atomic E-state index is 12.5. The van der Waals surface area contributed by atoms with Crippen molar-refractivity contribution in [2.24, 2.45) is 0 Å². The summed E-state index contributed by atoms with van der Waals surface area (Å²) in [7, 11) is 1.10. The van der Waals surface area contributed by atoms with E-state index < -0.39 is 10.0 Å². The van der Waals surface area contributed by atoms with Gasteiger partial charge >= 0.3 is 0 Å². The molecule has 0 amide bonds. The number of hydrogen-bond donors (Lipinski definition) is 1. The molecule has 0 aliphatic rings. The molecular formula is C21H25N7O3S2. The van der Waals surface area contributed by atoms with Crippen LogP contribution in [0.3, 0.4) is 0 Å². The van der Waals surface area contributed by atoms with Crippen LogP contribution in [0.25, 0.3) is 22.4 Å². The summed E-state index contributed by atoms with van der Waals surface area (Å²) >= 11 is 1.41. The Balaban J connectivity index is 1.60. The normalized spacial score (nSPS) is 12.0. The molecule has 2 aromatic heterocycles. The third kappa shape index (κ3) is 4.28. The number of methoxy groups -OCH3 is 1. The lowest BCUT2D eigenvalue weighted by Gasteiger charge is -2.11. The monoisotopic (exact) mass is 487 g/mol. The van der Waals surface area contributed by atoms with Gasteiger partial charge in [-0.25, -0.2) is 22.4 Å². The average molecular weight is 488 g/mol. The molecule has 10 nitrogen and oxygen atoms in total. The molecule has 0 atom stereocenters. The predicted octanol–water partition coefficient (Wildman–Crippen LogP) is 2.58. The van der Waals surface area contributed by atoms with Crippen LogP contribution in [0.5, 0.6) is 5.75 Å². The number of hydrogen-bond acceptors (Lipinski definition) is 8. The number of ether oxygens (including phenoxy) is 1. The number of nitrogens with two attached hydrogens (primary N) is 1. The van der Waals surface area contributed by atoms with Gasteiger partial charge in [0.2, 0.25) is 15.2 Å². The van der Waals surface area contributed by atoms with E-state index in [1.807, 2.05) is 31.2 Å². The number of aryl methyl sites for hydroxylation is 1. The summed E-state index contributed by atoms with van der Waals surface area (Å²) < 4.78 is 34.9. The minimum Gasteiger partial charge on any atom is -0.497 e. The summed E-state index contributed by atoms with van der Waals surface area (Å²) in [5, 5.41) is 8.99. The fourth-order valence-corrected chi connectivity index (χ4v) is 5.16. The zero-order valence-electron chi connectivity index (χ0n) is 18.8. The van der Waals surface area contributed by atoms with Crippen molar-refractivity contribution in [2.45, 2.75) is 29.3 Å². The zero-order chi connectivity index (χ0) is 23.8. The molecular weight excluding hydrogens is 462 g/mol. The van der Waals surface area contributed by atoms with Crippen molar-refractivity contribution in [2.75, 3.05) is 27.0 Å². The number of sulfonamides is 1. The Morgan fingerprint density at radius 2 is 1.85 bits per heavy atom. The zero-order valence-corrected chi connectivity index (χ0v) is 20.4. The van der Waals surface area contributed by atoms with Crippen LogP contribution in [-0.4, -0.2) is 58.4 Å². The third-order valence-electron chi connectivity index (χ3n) is 5.24. The molecule has 4 rings (SSSR count). The third-order valence-corrected chi connectivity index (χ3v) is 7.99. The van der Waals surface area contributed by atoms with Crippen molar-refractivity contribution in [3.63, 3.8) is 0 Å². The Morgan fingerprint density at radius 1 is 1.12 bits per heavy atom. The van der Waals surface area contributed by atoms with Crippen LogP contribution < -0.4 is 10.6 Å². The van der Waals surface area contributed by atoms with E-state index in [0.717, 1.165) is 22.7 Å². The van der Waals surface area contributed by atoms with Gasteiger partial charge in [-0.05, 0) is 49.4 Å². The van der Waals surface area contributed by atoms with Gasteiger partial charge in [0.1, 0.15) is 11.6 Å². The highest BCUT2D eigenvalue weighted by atomic mass is 32.2. The second kappa shape index (κ2) is 9.04. The number of aromatic nitrogens is 5. The van der Waals surface area contributed by atoms with Crippen LogP contribution in [-0.2, 0) is 22.3 Å². The number of fused-ring (bicyclic) bond motifs is 1. The topological polar surface area (TPSA) is 121 Å². The maximum Gasteiger partial charge on any atom is 0.242 e. The van der Waals surface area contributed by atoms with Crippen molar-refractivity contribution >= 4 is 32.8 Å². The molecule has 12 heteroatoms. The van der Waals surface area contributed by atoms with Crippen molar-refractivity contribution in [3.05, 3.63) is 48.3 Å². The van der Waals surface area contributed by atoms with E-state index in [9.17, 15) is 8.42 Å². The maximum atomic E-state index is 12.5. The second-order valence-corrected chi connectivity index (χ2v) is 10.5. The Bertz CT molecular complexity index is 1390. The standard InChI is InChI=1S/C21H25N7O3S2/c1-5-27-18-11-10-16(33(29,30)26(2)3)12-17(18)23-19(27)13-32-21-25-24-20(28(21)22)14-6-8-15(31-4)9-7-14/h6-12H,5,13,22H2,1-4H3. The van der Waals surface area contributed by atoms with Crippen LogP contribution in [0.15, 0.2) is 52.5 Å². The van der Waals surface area contributed by atoms with E-state index in [2.05, 4.69) is 14.8 Å². The highest BCUT2D eigenvalue weighted by molar-refractivity contribution is 7.98. The Labute approximate surface area is 196 Å². The molecule has 0 saturated carbocycles. The molecule has 2 N–H and O–H groups in total. The summed E-state index contributed by atoms with van der Waals surface area (Å²) in [4.78, 5) is 4.91. The van der Waals surface area contributed by atoms with Gasteiger partial charge in [0, 0.05) is 26.2 Å². The lowest BCUT2D eigenvalue weighted by Crippen LogP contribution is -2.22. The molecule has 33 heavy (non-hydrogen) atoms. The average Bonchev–Trinajstić information content (AvgIpc) is 3.36. The molecule has 4 aromatic rings. The fourth-order valence-electron chi connectivity index (χ4n) is 3.44. The van der Waals surface area contributed by atoms with Gasteiger partial charge in [-0.3, -0.25) is 0 Å². The first-order chi connectivity index (χ1) is 15.8. The second-order valence-electron chi connectivity index (χ2n) is 7.40. The van der Waals surface area contributed by atoms with Crippen LogP contribution in [0.4, 0.5) is 0 Å². The molecule has 0 unspecified atom stereocenters. The van der Waals surface area contributed by atoms with Gasteiger partial charge in [-0.15, -0.1) is 10.2 Å². The molecule has 0 aliphatic heterocycles. The Hall–Kier alpha value is -3.09. The Morgan fingerprint density at radius 3 is 2.48 bits per heavy atom. The van der Waals surface area contributed by atoms with Gasteiger partial charge in [0.15, 0.2) is 5.82 Å². The van der Waals surface area contributed by atoms with Crippen molar-refractivity contribution in [1.82, 2.24) is 28.7 Å². The first-order valence-electron chi connectivity index (χ1n) is 10.2. The SMILES string of the molecule is CCn1c(CSc2nnc(-c3ccc(OC)cc3)n2N)nc2cc(S(=O)(=O)N(C)C)ccc21. The lowest BCUT2D eigenvalue weighted by atomic mass is 10.2. The van der Waals surface area contributed by atoms with Crippen LogP contribution in [0, 0.1) is 0 Å². The Kier molecular flexibility index (Phi) is 6.32. The minimum absolute atomic E-state index is 0.214. The summed E-state index contributed by atoms with van der Waals surface area (Å²) in [6, 6.07) is 12.4. The van der Waals surface area contributed by atoms with Gasteiger partial charge in [-0.2, -0.15) is 0 Å². The smallest absolute Gasteiger partial charge is 0.242 e. The quantitative estimate of drug-likeness (QED) is 0.297. The van der Waals surface area contributed by atoms with Gasteiger partial charge in [-0.1, -0.05) is 11.8 Å². The minimum atomic E-state index is -3.53. The highest BCUT2D eigenvalue weighted by Gasteiger charge is 2.20. The molecule has 174 valence electrons. The van der Waals surface area contributed by atoms with Gasteiger partial charge in [0.25, 0.3) is 0 Å². The number of rotatable bonds is 8. The molecule has 0 spiro atoms. The van der Waals surface area contributed by atoms with Crippen molar-refractivity contribution < 1.29 is 13.2 Å². The van der Waals surface area contributed by atoms with Gasteiger partial charge in [0.05, 0.1) is 28.8 Å². The summed E-state index contributed by atoms with van der Waals surface area (Å²) in [6.07, 6.45) is 0. The fraction of sp³-hybridized carbons (Fsp3) is 0.286. The van der Waals surface area contributed by atoms with Crippen molar-refractivity contribution in [3.8, 4) is 17.1 Å². The first kappa shape index (κ1) is 23.1. The molecule has 0 bridgehead atoms. The van der Waals surface area contributed by atoms with Gasteiger partial charge < -0.3 is 15.1 Å². The molecule has 0 fully saturated rings. The number of imidazole rings is 1. The van der Waals surface area contributed by atoms with Crippen LogP contribution in [0.1, 0.15) is 12.7 Å². The summed E-state index contributed by atoms with van der Waals surface area (Å²) in [5.41, 5.74) is 2.33. The van der Waals surface area contributed by atoms with E-state index in [0.29, 0.717) is 28.8 Å². The van der Waals surface area contributed by atoms with E-state index in [1.54, 1.807) is 25.3 Å². The molecule has 2 aromatic carbocycles. The molecule has 0 radical (unpaired) electrons. The van der Waals surface area contributed by atoms with E-state index in [1.165, 1.54) is 34.8 Å². The molecule has 0 aliphatic carbocycles. The van der Waals surface area contributed by atoms with E-state index >= 15 is 0 Å². The largest absolute Gasteiger partial charge is 0.497 e. The summed E-state index contributed by atoms with van der Waals surface area (Å²) in [5.74, 6) is 8.84. The van der Waals surface area contributed by atoms with Crippen LogP contribution >= 0.6 is 11.8 Å². The summed E-state index contributed by atoms with van der Waals surface area (Å²) in [6.45, 7) is 2.71. The predicted molar refractivity (Wildman–Crippen MR) is 128 cm³/mol. The van der Waals surface area contributed by atoms with Crippen molar-refractivity contribution in [1.29, 1.82) is 0 Å². The first-order valence-corrected chi connectivity index (χ1v) is 12.6. The van der Waals surface area contributed by atoms with Crippen LogP contribution in [0.2, 0.25) is 0 Å². The molecule has 2 heterocycles. The lowest BCUT2D eigenvalue weighted by molar-refractivity contribution is 0.415.